The number of nitrogens with two attached hydrogens (primary N) is 1. The van der Waals surface area contributed by atoms with Gasteiger partial charge in [-0.1, -0.05) is 13.0 Å². The van der Waals surface area contributed by atoms with E-state index in [4.69, 9.17) is 5.73 Å². The van der Waals surface area contributed by atoms with Crippen molar-refractivity contribution < 1.29 is 0 Å². The number of nitrogens with zero attached hydrogens (tertiary/aromatic N) is 2. The van der Waals surface area contributed by atoms with Crippen LogP contribution in [0.4, 0.5) is 11.4 Å². The highest BCUT2D eigenvalue weighted by Gasteiger charge is 2.05. The Balaban J connectivity index is 2.68. The standard InChI is InChI=1S/C13H23N3/c1-4-8-16(10-9-15(2)3)13-7-5-6-12(14)11-13/h5-7,11H,4,8-10,14H2,1-3H3. The lowest BCUT2D eigenvalue weighted by Crippen LogP contribution is -2.32. The van der Waals surface area contributed by atoms with Crippen LogP contribution in [-0.2, 0) is 0 Å². The molecule has 2 N–H and O–H groups in total. The summed E-state index contributed by atoms with van der Waals surface area (Å²) >= 11 is 0. The van der Waals surface area contributed by atoms with Crippen molar-refractivity contribution in [2.45, 2.75) is 13.3 Å². The molecule has 3 heteroatoms. The summed E-state index contributed by atoms with van der Waals surface area (Å²) in [6.45, 7) is 5.39. The highest BCUT2D eigenvalue weighted by Crippen LogP contribution is 2.17. The molecule has 0 unspecified atom stereocenters. The van der Waals surface area contributed by atoms with Crippen LogP contribution >= 0.6 is 0 Å². The lowest BCUT2D eigenvalue weighted by molar-refractivity contribution is 0.413. The summed E-state index contributed by atoms with van der Waals surface area (Å²) in [4.78, 5) is 4.59. The van der Waals surface area contributed by atoms with Crippen molar-refractivity contribution >= 4 is 11.4 Å². The number of anilines is 2. The van der Waals surface area contributed by atoms with E-state index < -0.39 is 0 Å². The molecule has 90 valence electrons. The predicted octanol–water partition coefficient (Wildman–Crippen LogP) is 2.05. The van der Waals surface area contributed by atoms with Gasteiger partial charge in [0.05, 0.1) is 0 Å². The summed E-state index contributed by atoms with van der Waals surface area (Å²) in [7, 11) is 4.20. The van der Waals surface area contributed by atoms with Gasteiger partial charge in [0.25, 0.3) is 0 Å². The molecule has 0 saturated carbocycles. The molecule has 0 bridgehead atoms. The summed E-state index contributed by atoms with van der Waals surface area (Å²) in [5.41, 5.74) is 7.87. The molecule has 1 rings (SSSR count). The van der Waals surface area contributed by atoms with Crippen molar-refractivity contribution in [2.75, 3.05) is 44.4 Å². The molecule has 0 aliphatic carbocycles. The minimum absolute atomic E-state index is 0.837. The largest absolute Gasteiger partial charge is 0.399 e. The van der Waals surface area contributed by atoms with Crippen molar-refractivity contribution in [1.82, 2.24) is 4.90 Å². The van der Waals surface area contributed by atoms with Crippen LogP contribution in [0, 0.1) is 0 Å². The molecule has 0 radical (unpaired) electrons. The van der Waals surface area contributed by atoms with Crippen molar-refractivity contribution in [3.63, 3.8) is 0 Å². The van der Waals surface area contributed by atoms with Crippen molar-refractivity contribution in [1.29, 1.82) is 0 Å². The van der Waals surface area contributed by atoms with Crippen molar-refractivity contribution in [2.24, 2.45) is 0 Å². The third kappa shape index (κ3) is 4.11. The topological polar surface area (TPSA) is 32.5 Å². The van der Waals surface area contributed by atoms with Gasteiger partial charge < -0.3 is 15.5 Å². The van der Waals surface area contributed by atoms with Crippen LogP contribution < -0.4 is 10.6 Å². The van der Waals surface area contributed by atoms with Crippen LogP contribution in [0.5, 0.6) is 0 Å². The zero-order chi connectivity index (χ0) is 12.0. The summed E-state index contributed by atoms with van der Waals surface area (Å²) in [6.07, 6.45) is 1.15. The Morgan fingerprint density at radius 3 is 2.44 bits per heavy atom. The highest BCUT2D eigenvalue weighted by atomic mass is 15.2. The van der Waals surface area contributed by atoms with Gasteiger partial charge >= 0.3 is 0 Å². The molecule has 0 aromatic heterocycles. The van der Waals surface area contributed by atoms with Crippen LogP contribution in [0.2, 0.25) is 0 Å². The predicted molar refractivity (Wildman–Crippen MR) is 71.9 cm³/mol. The first-order chi connectivity index (χ1) is 7.63. The molecule has 0 heterocycles. The van der Waals surface area contributed by atoms with Crippen LogP contribution in [-0.4, -0.2) is 38.6 Å². The van der Waals surface area contributed by atoms with E-state index >= 15 is 0 Å². The zero-order valence-electron chi connectivity index (χ0n) is 10.6. The molecule has 0 spiro atoms. The van der Waals surface area contributed by atoms with E-state index in [1.165, 1.54) is 5.69 Å². The maximum absolute atomic E-state index is 5.81. The monoisotopic (exact) mass is 221 g/mol. The number of rotatable bonds is 6. The number of hydrogen-bond acceptors (Lipinski definition) is 3. The molecule has 3 nitrogen and oxygen atoms in total. The molecule has 0 saturated heterocycles. The summed E-state index contributed by atoms with van der Waals surface area (Å²) in [5, 5.41) is 0. The Morgan fingerprint density at radius 2 is 1.88 bits per heavy atom. The van der Waals surface area contributed by atoms with Crippen LogP contribution in [0.3, 0.4) is 0 Å². The van der Waals surface area contributed by atoms with E-state index in [1.807, 2.05) is 18.2 Å². The second kappa shape index (κ2) is 6.38. The third-order valence-corrected chi connectivity index (χ3v) is 2.55. The molecule has 0 atom stereocenters. The van der Waals surface area contributed by atoms with Crippen LogP contribution in [0.25, 0.3) is 0 Å². The Hall–Kier alpha value is -1.22. The highest BCUT2D eigenvalue weighted by molar-refractivity contribution is 5.55. The fourth-order valence-corrected chi connectivity index (χ4v) is 1.68. The van der Waals surface area contributed by atoms with Gasteiger partial charge in [-0.2, -0.15) is 0 Å². The van der Waals surface area contributed by atoms with Gasteiger partial charge in [-0.25, -0.2) is 0 Å². The van der Waals surface area contributed by atoms with Crippen molar-refractivity contribution in [3.05, 3.63) is 24.3 Å². The van der Waals surface area contributed by atoms with Gasteiger partial charge in [0.1, 0.15) is 0 Å². The number of nitrogen functional groups attached to an aromatic ring is 1. The van der Waals surface area contributed by atoms with E-state index in [-0.39, 0.29) is 0 Å². The van der Waals surface area contributed by atoms with Gasteiger partial charge in [0, 0.05) is 31.0 Å². The Labute approximate surface area is 98.8 Å². The van der Waals surface area contributed by atoms with Gasteiger partial charge in [-0.15, -0.1) is 0 Å². The maximum atomic E-state index is 5.81. The normalized spacial score (nSPS) is 10.8. The first kappa shape index (κ1) is 12.8. The molecule has 1 aromatic carbocycles. The second-order valence-electron chi connectivity index (χ2n) is 4.39. The Bertz CT molecular complexity index is 310. The number of benzene rings is 1. The van der Waals surface area contributed by atoms with Crippen molar-refractivity contribution in [3.8, 4) is 0 Å². The molecule has 1 aromatic rings. The fourth-order valence-electron chi connectivity index (χ4n) is 1.68. The smallest absolute Gasteiger partial charge is 0.0387 e. The summed E-state index contributed by atoms with van der Waals surface area (Å²) < 4.78 is 0. The van der Waals surface area contributed by atoms with Gasteiger partial charge in [-0.05, 0) is 38.7 Å². The lowest BCUT2D eigenvalue weighted by atomic mass is 10.2. The van der Waals surface area contributed by atoms with Crippen LogP contribution in [0.1, 0.15) is 13.3 Å². The molecule has 0 amide bonds. The van der Waals surface area contributed by atoms with Gasteiger partial charge in [0.15, 0.2) is 0 Å². The quantitative estimate of drug-likeness (QED) is 0.746. The summed E-state index contributed by atoms with van der Waals surface area (Å²) in [5.74, 6) is 0. The molecule has 0 aliphatic rings. The zero-order valence-corrected chi connectivity index (χ0v) is 10.6. The molecular formula is C13H23N3. The fraction of sp³-hybridized carbons (Fsp3) is 0.538. The Kier molecular flexibility index (Phi) is 5.12. The number of hydrogen-bond donors (Lipinski definition) is 1. The molecule has 0 aliphatic heterocycles. The minimum Gasteiger partial charge on any atom is -0.399 e. The van der Waals surface area contributed by atoms with E-state index in [0.29, 0.717) is 0 Å². The number of likely N-dealkylation sites (N-methyl/N-ethyl adjacent to an activating group) is 1. The average molecular weight is 221 g/mol. The maximum Gasteiger partial charge on any atom is 0.0387 e. The van der Waals surface area contributed by atoms with Crippen LogP contribution in [0.15, 0.2) is 24.3 Å². The third-order valence-electron chi connectivity index (χ3n) is 2.55. The van der Waals surface area contributed by atoms with Gasteiger partial charge in [0.2, 0.25) is 0 Å². The van der Waals surface area contributed by atoms with E-state index in [0.717, 1.165) is 31.7 Å². The lowest BCUT2D eigenvalue weighted by Gasteiger charge is -2.26. The SMILES string of the molecule is CCCN(CCN(C)C)c1cccc(N)c1. The first-order valence-electron chi connectivity index (χ1n) is 5.88. The second-order valence-corrected chi connectivity index (χ2v) is 4.39. The molecule has 0 fully saturated rings. The molecular weight excluding hydrogens is 198 g/mol. The van der Waals surface area contributed by atoms with Gasteiger partial charge in [-0.3, -0.25) is 0 Å². The minimum atomic E-state index is 0.837. The van der Waals surface area contributed by atoms with E-state index in [9.17, 15) is 0 Å². The summed E-state index contributed by atoms with van der Waals surface area (Å²) in [6, 6.07) is 8.12. The molecule has 16 heavy (non-hydrogen) atoms. The first-order valence-corrected chi connectivity index (χ1v) is 5.88. The Morgan fingerprint density at radius 1 is 1.12 bits per heavy atom. The van der Waals surface area contributed by atoms with E-state index in [2.05, 4.69) is 36.9 Å². The average Bonchev–Trinajstić information content (AvgIpc) is 2.24. The van der Waals surface area contributed by atoms with E-state index in [1.54, 1.807) is 0 Å².